The van der Waals surface area contributed by atoms with E-state index >= 15 is 0 Å². The van der Waals surface area contributed by atoms with Gasteiger partial charge in [0.15, 0.2) is 12.4 Å². The summed E-state index contributed by atoms with van der Waals surface area (Å²) in [5.74, 6) is -0.615. The predicted octanol–water partition coefficient (Wildman–Crippen LogP) is 2.89. The van der Waals surface area contributed by atoms with E-state index < -0.39 is 33.1 Å². The van der Waals surface area contributed by atoms with Crippen molar-refractivity contribution in [1.29, 1.82) is 0 Å². The second-order valence-corrected chi connectivity index (χ2v) is 9.61. The molecule has 10 heteroatoms. The highest BCUT2D eigenvalue weighted by molar-refractivity contribution is 7.89. The van der Waals surface area contributed by atoms with Crippen LogP contribution in [-0.4, -0.2) is 43.2 Å². The first-order valence-electron chi connectivity index (χ1n) is 10.2. The number of nitrogens with zero attached hydrogens (tertiary/aromatic N) is 2. The van der Waals surface area contributed by atoms with Crippen LogP contribution in [0.3, 0.4) is 0 Å². The highest BCUT2D eigenvalue weighted by Gasteiger charge is 2.30. The van der Waals surface area contributed by atoms with E-state index in [2.05, 4.69) is 5.32 Å². The van der Waals surface area contributed by atoms with Gasteiger partial charge in [-0.3, -0.25) is 14.9 Å². The monoisotopic (exact) mass is 445 g/mol. The van der Waals surface area contributed by atoms with Crippen molar-refractivity contribution in [3.63, 3.8) is 0 Å². The molecular formula is C21H23N3O6S. The number of rotatable bonds is 7. The van der Waals surface area contributed by atoms with Crippen molar-refractivity contribution in [3.8, 4) is 5.75 Å². The number of nitro groups is 1. The standard InChI is InChI=1S/C21H23N3O6S/c25-21(22-17-7-6-15-4-3-5-16(15)12-17)14-30-20-9-8-18(13-19(20)24(26)27)31(28,29)23-10-1-2-11-23/h6-9,12-13H,1-5,10-11,14H2,(H,22,25). The van der Waals surface area contributed by atoms with Crippen LogP contribution in [-0.2, 0) is 27.7 Å². The number of hydrogen-bond donors (Lipinski definition) is 1. The quantitative estimate of drug-likeness (QED) is 0.517. The van der Waals surface area contributed by atoms with Crippen LogP contribution in [0.15, 0.2) is 41.3 Å². The minimum absolute atomic E-state index is 0.156. The van der Waals surface area contributed by atoms with Crippen molar-refractivity contribution >= 4 is 27.3 Å². The number of amides is 1. The predicted molar refractivity (Wildman–Crippen MR) is 114 cm³/mol. The average molecular weight is 445 g/mol. The minimum Gasteiger partial charge on any atom is -0.477 e. The van der Waals surface area contributed by atoms with Gasteiger partial charge in [0.1, 0.15) is 0 Å². The topological polar surface area (TPSA) is 119 Å². The Labute approximate surface area is 180 Å². The molecule has 4 rings (SSSR count). The van der Waals surface area contributed by atoms with Gasteiger partial charge in [-0.05, 0) is 67.5 Å². The molecule has 0 saturated carbocycles. The van der Waals surface area contributed by atoms with Gasteiger partial charge in [0.25, 0.3) is 5.91 Å². The van der Waals surface area contributed by atoms with E-state index in [1.807, 2.05) is 18.2 Å². The third-order valence-electron chi connectivity index (χ3n) is 5.57. The van der Waals surface area contributed by atoms with Crippen LogP contribution < -0.4 is 10.1 Å². The van der Waals surface area contributed by atoms with Crippen LogP contribution >= 0.6 is 0 Å². The van der Waals surface area contributed by atoms with Crippen molar-refractivity contribution in [3.05, 3.63) is 57.6 Å². The molecular weight excluding hydrogens is 422 g/mol. The maximum Gasteiger partial charge on any atom is 0.312 e. The number of benzene rings is 2. The van der Waals surface area contributed by atoms with Gasteiger partial charge < -0.3 is 10.1 Å². The van der Waals surface area contributed by atoms with Crippen LogP contribution in [0.2, 0.25) is 0 Å². The summed E-state index contributed by atoms with van der Waals surface area (Å²) in [6.45, 7) is 0.366. The summed E-state index contributed by atoms with van der Waals surface area (Å²) in [6, 6.07) is 9.23. The van der Waals surface area contributed by atoms with Gasteiger partial charge in [-0.1, -0.05) is 6.07 Å². The molecule has 1 saturated heterocycles. The molecule has 164 valence electrons. The Hall–Kier alpha value is -2.98. The van der Waals surface area contributed by atoms with E-state index in [9.17, 15) is 23.3 Å². The largest absolute Gasteiger partial charge is 0.477 e. The van der Waals surface area contributed by atoms with E-state index in [-0.39, 0.29) is 10.6 Å². The lowest BCUT2D eigenvalue weighted by atomic mass is 10.1. The second-order valence-electron chi connectivity index (χ2n) is 7.67. The van der Waals surface area contributed by atoms with Crippen molar-refractivity contribution < 1.29 is 22.9 Å². The summed E-state index contributed by atoms with van der Waals surface area (Å²) in [4.78, 5) is 22.9. The van der Waals surface area contributed by atoms with Crippen molar-refractivity contribution in [2.24, 2.45) is 0 Å². The molecule has 31 heavy (non-hydrogen) atoms. The first-order chi connectivity index (χ1) is 14.8. The highest BCUT2D eigenvalue weighted by atomic mass is 32.2. The zero-order chi connectivity index (χ0) is 22.0. The number of nitro benzene ring substituents is 1. The lowest BCUT2D eigenvalue weighted by Crippen LogP contribution is -2.28. The number of aryl methyl sites for hydroxylation is 2. The van der Waals surface area contributed by atoms with Gasteiger partial charge in [-0.15, -0.1) is 0 Å². The zero-order valence-electron chi connectivity index (χ0n) is 16.9. The fourth-order valence-electron chi connectivity index (χ4n) is 3.99. The van der Waals surface area contributed by atoms with E-state index in [4.69, 9.17) is 4.74 Å². The smallest absolute Gasteiger partial charge is 0.312 e. The second kappa shape index (κ2) is 8.64. The first-order valence-corrected chi connectivity index (χ1v) is 11.6. The number of hydrogen-bond acceptors (Lipinski definition) is 6. The highest BCUT2D eigenvalue weighted by Crippen LogP contribution is 2.32. The van der Waals surface area contributed by atoms with Crippen LogP contribution in [0.5, 0.6) is 5.75 Å². The molecule has 1 aliphatic heterocycles. The number of sulfonamides is 1. The van der Waals surface area contributed by atoms with Gasteiger partial charge in [0, 0.05) is 24.8 Å². The molecule has 1 heterocycles. The Balaban J connectivity index is 1.45. The average Bonchev–Trinajstić information content (AvgIpc) is 3.44. The summed E-state index contributed by atoms with van der Waals surface area (Å²) in [5.41, 5.74) is 2.65. The molecule has 0 atom stereocenters. The number of anilines is 1. The molecule has 1 N–H and O–H groups in total. The Morgan fingerprint density at radius 3 is 2.55 bits per heavy atom. The van der Waals surface area contributed by atoms with Gasteiger partial charge in [0.2, 0.25) is 10.0 Å². The number of nitrogens with one attached hydrogen (secondary N) is 1. The lowest BCUT2D eigenvalue weighted by Gasteiger charge is -2.16. The first kappa shape index (κ1) is 21.3. The molecule has 2 aromatic carbocycles. The van der Waals surface area contributed by atoms with Crippen LogP contribution in [0, 0.1) is 10.1 Å². The Bertz CT molecular complexity index is 1130. The lowest BCUT2D eigenvalue weighted by molar-refractivity contribution is -0.386. The number of carbonyl (C=O) groups excluding carboxylic acids is 1. The maximum absolute atomic E-state index is 12.7. The van der Waals surface area contributed by atoms with Crippen molar-refractivity contribution in [1.82, 2.24) is 4.31 Å². The van der Waals surface area contributed by atoms with Crippen molar-refractivity contribution in [2.45, 2.75) is 37.0 Å². The molecule has 0 unspecified atom stereocenters. The molecule has 1 amide bonds. The summed E-state index contributed by atoms with van der Waals surface area (Å²) >= 11 is 0. The van der Waals surface area contributed by atoms with E-state index in [1.165, 1.54) is 27.6 Å². The summed E-state index contributed by atoms with van der Waals surface area (Å²) in [6.07, 6.45) is 4.65. The Morgan fingerprint density at radius 2 is 1.81 bits per heavy atom. The third-order valence-corrected chi connectivity index (χ3v) is 7.47. The molecule has 0 aromatic heterocycles. The van der Waals surface area contributed by atoms with Crippen LogP contribution in [0.1, 0.15) is 30.4 Å². The van der Waals surface area contributed by atoms with E-state index in [0.717, 1.165) is 38.2 Å². The normalized spacial score (nSPS) is 16.1. The summed E-state index contributed by atoms with van der Waals surface area (Å²) < 4.78 is 32.0. The van der Waals surface area contributed by atoms with Crippen molar-refractivity contribution in [2.75, 3.05) is 25.0 Å². The number of ether oxygens (including phenoxy) is 1. The van der Waals surface area contributed by atoms with Crippen LogP contribution in [0.4, 0.5) is 11.4 Å². The molecule has 9 nitrogen and oxygen atoms in total. The molecule has 1 aliphatic carbocycles. The Kier molecular flexibility index (Phi) is 5.92. The number of fused-ring (bicyclic) bond motifs is 1. The molecule has 2 aromatic rings. The maximum atomic E-state index is 12.7. The van der Waals surface area contributed by atoms with Gasteiger partial charge in [-0.25, -0.2) is 8.42 Å². The van der Waals surface area contributed by atoms with Gasteiger partial charge in [0.05, 0.1) is 9.82 Å². The van der Waals surface area contributed by atoms with Gasteiger partial charge >= 0.3 is 5.69 Å². The SMILES string of the molecule is O=C(COc1ccc(S(=O)(=O)N2CCCC2)cc1[N+](=O)[O-])Nc1ccc2c(c1)CCC2. The fourth-order valence-corrected chi connectivity index (χ4v) is 5.53. The fraction of sp³-hybridized carbons (Fsp3) is 0.381. The van der Waals surface area contributed by atoms with E-state index in [1.54, 1.807) is 0 Å². The summed E-state index contributed by atoms with van der Waals surface area (Å²) in [5, 5.41) is 14.2. The Morgan fingerprint density at radius 1 is 1.06 bits per heavy atom. The zero-order valence-corrected chi connectivity index (χ0v) is 17.7. The molecule has 0 spiro atoms. The molecule has 0 radical (unpaired) electrons. The molecule has 1 fully saturated rings. The minimum atomic E-state index is -3.79. The number of carbonyl (C=O) groups is 1. The van der Waals surface area contributed by atoms with Crippen LogP contribution in [0.25, 0.3) is 0 Å². The van der Waals surface area contributed by atoms with E-state index in [0.29, 0.717) is 18.8 Å². The molecule has 0 bridgehead atoms. The summed E-state index contributed by atoms with van der Waals surface area (Å²) in [7, 11) is -3.79. The van der Waals surface area contributed by atoms with Gasteiger partial charge in [-0.2, -0.15) is 4.31 Å². The third kappa shape index (κ3) is 4.54. The molecule has 2 aliphatic rings.